The molecule has 0 saturated heterocycles. The molecule has 1 heterocycles. The Balaban J connectivity index is 1.65. The quantitative estimate of drug-likeness (QED) is 0.232. The molecule has 1 aromatic heterocycles. The Hall–Kier alpha value is -4.06. The van der Waals surface area contributed by atoms with E-state index in [0.717, 1.165) is 16.3 Å². The third-order valence-electron chi connectivity index (χ3n) is 4.08. The van der Waals surface area contributed by atoms with Crippen LogP contribution in [-0.2, 0) is 4.79 Å². The summed E-state index contributed by atoms with van der Waals surface area (Å²) in [6.45, 7) is 0. The molecule has 0 unspecified atom stereocenters. The molecule has 0 bridgehead atoms. The van der Waals surface area contributed by atoms with Crippen molar-refractivity contribution in [3.05, 3.63) is 96.6 Å². The van der Waals surface area contributed by atoms with E-state index in [4.69, 9.17) is 4.74 Å². The van der Waals surface area contributed by atoms with Gasteiger partial charge in [-0.05, 0) is 28.5 Å². The molecule has 0 aliphatic carbocycles. The molecule has 0 saturated carbocycles. The summed E-state index contributed by atoms with van der Waals surface area (Å²) in [6.07, 6.45) is 7.72. The van der Waals surface area contributed by atoms with E-state index in [0.29, 0.717) is 11.3 Å². The molecule has 0 aliphatic heterocycles. The van der Waals surface area contributed by atoms with Crippen molar-refractivity contribution in [1.82, 2.24) is 14.9 Å². The first-order valence-corrected chi connectivity index (χ1v) is 8.65. The van der Waals surface area contributed by atoms with Crippen molar-refractivity contribution in [2.45, 2.75) is 0 Å². The second-order valence-electron chi connectivity index (χ2n) is 5.95. The Labute approximate surface area is 161 Å². The standard InChI is InChI=1S/C22H16N4O2/c27-22(13-10-17-6-2-1-3-7-17)28-21-12-11-18-8-4-5-9-19(18)20(21)14-25-26-15-23-24-16-26/h1-16H. The molecular formula is C22H16N4O2. The van der Waals surface area contributed by atoms with Gasteiger partial charge in [-0.25, -0.2) is 9.47 Å². The van der Waals surface area contributed by atoms with Crippen molar-refractivity contribution in [3.63, 3.8) is 0 Å². The van der Waals surface area contributed by atoms with Gasteiger partial charge in [0.05, 0.1) is 6.21 Å². The van der Waals surface area contributed by atoms with Crippen molar-refractivity contribution in [2.75, 3.05) is 0 Å². The van der Waals surface area contributed by atoms with E-state index in [9.17, 15) is 4.79 Å². The normalized spacial score (nSPS) is 11.4. The predicted octanol–water partition coefficient (Wildman–Crippen LogP) is 3.93. The van der Waals surface area contributed by atoms with Crippen molar-refractivity contribution in [3.8, 4) is 5.75 Å². The molecule has 4 rings (SSSR count). The summed E-state index contributed by atoms with van der Waals surface area (Å²) in [5.41, 5.74) is 1.63. The number of hydrogen-bond donors (Lipinski definition) is 0. The number of ether oxygens (including phenoxy) is 1. The molecule has 28 heavy (non-hydrogen) atoms. The SMILES string of the molecule is O=C(C=Cc1ccccc1)Oc1ccc2ccccc2c1C=Nn1cnnc1. The van der Waals surface area contributed by atoms with E-state index < -0.39 is 5.97 Å². The Morgan fingerprint density at radius 1 is 0.929 bits per heavy atom. The van der Waals surface area contributed by atoms with Crippen molar-refractivity contribution in [2.24, 2.45) is 5.10 Å². The highest BCUT2D eigenvalue weighted by atomic mass is 16.5. The number of aromatic nitrogens is 3. The highest BCUT2D eigenvalue weighted by Gasteiger charge is 2.10. The first-order valence-electron chi connectivity index (χ1n) is 8.65. The smallest absolute Gasteiger partial charge is 0.336 e. The Kier molecular flexibility index (Phi) is 5.02. The minimum absolute atomic E-state index is 0.429. The Bertz CT molecular complexity index is 1150. The fraction of sp³-hybridized carbons (Fsp3) is 0. The van der Waals surface area contributed by atoms with Crippen molar-refractivity contribution < 1.29 is 9.53 Å². The maximum atomic E-state index is 12.3. The second-order valence-corrected chi connectivity index (χ2v) is 5.95. The zero-order valence-corrected chi connectivity index (χ0v) is 14.8. The maximum Gasteiger partial charge on any atom is 0.336 e. The van der Waals surface area contributed by atoms with Crippen LogP contribution < -0.4 is 4.74 Å². The van der Waals surface area contributed by atoms with E-state index in [2.05, 4.69) is 15.3 Å². The number of fused-ring (bicyclic) bond motifs is 1. The van der Waals surface area contributed by atoms with E-state index in [-0.39, 0.29) is 0 Å². The lowest BCUT2D eigenvalue weighted by atomic mass is 10.0. The topological polar surface area (TPSA) is 69.4 Å². The van der Waals surface area contributed by atoms with Gasteiger partial charge in [0.1, 0.15) is 18.4 Å². The number of nitrogens with zero attached hydrogens (tertiary/aromatic N) is 4. The van der Waals surface area contributed by atoms with Gasteiger partial charge >= 0.3 is 5.97 Å². The van der Waals surface area contributed by atoms with Crippen molar-refractivity contribution in [1.29, 1.82) is 0 Å². The third-order valence-corrected chi connectivity index (χ3v) is 4.08. The van der Waals surface area contributed by atoms with Gasteiger partial charge in [-0.1, -0.05) is 60.7 Å². The molecule has 136 valence electrons. The van der Waals surface area contributed by atoms with Crippen LogP contribution in [0.2, 0.25) is 0 Å². The molecule has 4 aromatic rings. The van der Waals surface area contributed by atoms with Crippen LogP contribution >= 0.6 is 0 Å². The monoisotopic (exact) mass is 368 g/mol. The highest BCUT2D eigenvalue weighted by Crippen LogP contribution is 2.27. The summed E-state index contributed by atoms with van der Waals surface area (Å²) in [7, 11) is 0. The summed E-state index contributed by atoms with van der Waals surface area (Å²) >= 11 is 0. The highest BCUT2D eigenvalue weighted by molar-refractivity contribution is 6.03. The van der Waals surface area contributed by atoms with Crippen LogP contribution in [0.25, 0.3) is 16.8 Å². The molecule has 0 fully saturated rings. The first-order chi connectivity index (χ1) is 13.8. The number of hydrogen-bond acceptors (Lipinski definition) is 5. The lowest BCUT2D eigenvalue weighted by Gasteiger charge is -2.09. The Morgan fingerprint density at radius 2 is 1.68 bits per heavy atom. The summed E-state index contributed by atoms with van der Waals surface area (Å²) in [5.74, 6) is -0.0312. The number of rotatable bonds is 5. The van der Waals surface area contributed by atoms with Gasteiger partial charge in [-0.15, -0.1) is 10.2 Å². The zero-order valence-electron chi connectivity index (χ0n) is 14.8. The second kappa shape index (κ2) is 8.09. The number of carbonyl (C=O) groups is 1. The van der Waals surface area contributed by atoms with Gasteiger partial charge in [0.15, 0.2) is 0 Å². The van der Waals surface area contributed by atoms with Crippen LogP contribution in [0.5, 0.6) is 5.75 Å². The zero-order chi connectivity index (χ0) is 19.2. The van der Waals surface area contributed by atoms with Crippen LogP contribution in [0.1, 0.15) is 11.1 Å². The summed E-state index contributed by atoms with van der Waals surface area (Å²) in [5, 5.41) is 13.7. The van der Waals surface area contributed by atoms with Gasteiger partial charge < -0.3 is 4.74 Å². The average molecular weight is 368 g/mol. The number of esters is 1. The first kappa shape index (κ1) is 17.4. The van der Waals surface area contributed by atoms with Crippen LogP contribution in [0.4, 0.5) is 0 Å². The van der Waals surface area contributed by atoms with Crippen molar-refractivity contribution >= 4 is 29.0 Å². The molecule has 0 N–H and O–H groups in total. The number of benzene rings is 3. The lowest BCUT2D eigenvalue weighted by molar-refractivity contribution is -0.128. The Morgan fingerprint density at radius 3 is 2.50 bits per heavy atom. The predicted molar refractivity (Wildman–Crippen MR) is 108 cm³/mol. The minimum atomic E-state index is -0.460. The summed E-state index contributed by atoms with van der Waals surface area (Å²) in [4.78, 5) is 12.3. The number of carbonyl (C=O) groups excluding carboxylic acids is 1. The molecular weight excluding hydrogens is 352 g/mol. The summed E-state index contributed by atoms with van der Waals surface area (Å²) < 4.78 is 7.06. The molecule has 0 radical (unpaired) electrons. The molecule has 0 aliphatic rings. The van der Waals surface area contributed by atoms with Gasteiger partial charge in [-0.3, -0.25) is 0 Å². The summed E-state index contributed by atoms with van der Waals surface area (Å²) in [6, 6.07) is 21.1. The fourth-order valence-corrected chi connectivity index (χ4v) is 2.75. The van der Waals surface area contributed by atoms with Gasteiger partial charge in [0.25, 0.3) is 0 Å². The largest absolute Gasteiger partial charge is 0.423 e. The molecule has 3 aromatic carbocycles. The molecule has 0 atom stereocenters. The van der Waals surface area contributed by atoms with E-state index >= 15 is 0 Å². The van der Waals surface area contributed by atoms with Crippen LogP contribution in [0.15, 0.2) is 90.6 Å². The van der Waals surface area contributed by atoms with Crippen LogP contribution in [0.3, 0.4) is 0 Å². The lowest BCUT2D eigenvalue weighted by Crippen LogP contribution is -2.06. The molecule has 0 amide bonds. The maximum absolute atomic E-state index is 12.3. The average Bonchev–Trinajstić information content (AvgIpc) is 3.26. The minimum Gasteiger partial charge on any atom is -0.423 e. The van der Waals surface area contributed by atoms with Crippen LogP contribution in [0, 0.1) is 0 Å². The molecule has 6 nitrogen and oxygen atoms in total. The third kappa shape index (κ3) is 4.02. The van der Waals surface area contributed by atoms with Gasteiger partial charge in [0, 0.05) is 11.6 Å². The van der Waals surface area contributed by atoms with Gasteiger partial charge in [0.2, 0.25) is 0 Å². The van der Waals surface area contributed by atoms with E-state index in [1.165, 1.54) is 23.4 Å². The van der Waals surface area contributed by atoms with Gasteiger partial charge in [-0.2, -0.15) is 5.10 Å². The fourth-order valence-electron chi connectivity index (χ4n) is 2.75. The van der Waals surface area contributed by atoms with E-state index in [1.807, 2.05) is 60.7 Å². The van der Waals surface area contributed by atoms with Crippen LogP contribution in [-0.4, -0.2) is 27.1 Å². The molecule has 6 heteroatoms. The van der Waals surface area contributed by atoms with E-state index in [1.54, 1.807) is 18.4 Å². The molecule has 0 spiro atoms.